The Morgan fingerprint density at radius 1 is 1.53 bits per heavy atom. The van der Waals surface area contributed by atoms with Crippen LogP contribution in [0.15, 0.2) is 4.52 Å². The molecule has 2 N–H and O–H groups in total. The van der Waals surface area contributed by atoms with Gasteiger partial charge in [0, 0.05) is 18.9 Å². The van der Waals surface area contributed by atoms with Crippen molar-refractivity contribution >= 4 is 11.7 Å². The van der Waals surface area contributed by atoms with Gasteiger partial charge in [0.2, 0.25) is 5.91 Å². The summed E-state index contributed by atoms with van der Waals surface area (Å²) in [7, 11) is 0. The molecule has 2 heterocycles. The largest absolute Gasteiger partial charge is 0.381 e. The fraction of sp³-hybridized carbons (Fsp3) is 0.600. The number of amides is 1. The summed E-state index contributed by atoms with van der Waals surface area (Å²) in [4.78, 5) is 13.7. The predicted molar refractivity (Wildman–Crippen MR) is 52.8 cm³/mol. The molecule has 1 aromatic heterocycles. The number of aromatic nitrogens is 1. The third-order valence-electron chi connectivity index (χ3n) is 3.10. The van der Waals surface area contributed by atoms with E-state index < -0.39 is 0 Å². The molecule has 3 rings (SSSR count). The number of nitrogens with two attached hydrogens (primary N) is 1. The van der Waals surface area contributed by atoms with Gasteiger partial charge in [-0.3, -0.25) is 4.79 Å². The van der Waals surface area contributed by atoms with Crippen molar-refractivity contribution in [3.63, 3.8) is 0 Å². The normalized spacial score (nSPS) is 20.1. The number of hydrogen-bond acceptors (Lipinski definition) is 4. The van der Waals surface area contributed by atoms with E-state index in [2.05, 4.69) is 5.16 Å². The molecule has 1 fully saturated rings. The molecule has 0 spiro atoms. The molecular weight excluding hydrogens is 194 g/mol. The smallest absolute Gasteiger partial charge is 0.225 e. The van der Waals surface area contributed by atoms with Crippen molar-refractivity contribution in [2.75, 3.05) is 12.3 Å². The number of anilines is 1. The van der Waals surface area contributed by atoms with Crippen molar-refractivity contribution < 1.29 is 9.32 Å². The first-order valence-electron chi connectivity index (χ1n) is 5.27. The highest BCUT2D eigenvalue weighted by Gasteiger charge is 2.35. The summed E-state index contributed by atoms with van der Waals surface area (Å²) in [6.45, 7) is 1.30. The monoisotopic (exact) mass is 207 g/mol. The highest BCUT2D eigenvalue weighted by atomic mass is 16.5. The van der Waals surface area contributed by atoms with E-state index in [0.717, 1.165) is 37.1 Å². The summed E-state index contributed by atoms with van der Waals surface area (Å²) in [6, 6.07) is 0. The van der Waals surface area contributed by atoms with Gasteiger partial charge in [0.05, 0.1) is 12.1 Å². The molecule has 0 aromatic carbocycles. The molecule has 5 nitrogen and oxygen atoms in total. The Labute approximate surface area is 87.2 Å². The average Bonchev–Trinajstić information content (AvgIpc) is 3.04. The van der Waals surface area contributed by atoms with Gasteiger partial charge < -0.3 is 15.2 Å². The van der Waals surface area contributed by atoms with E-state index in [4.69, 9.17) is 10.3 Å². The minimum absolute atomic E-state index is 0.265. The first-order valence-corrected chi connectivity index (χ1v) is 5.27. The Bertz CT molecular complexity index is 409. The van der Waals surface area contributed by atoms with Gasteiger partial charge in [0.15, 0.2) is 5.82 Å². The van der Waals surface area contributed by atoms with Crippen LogP contribution in [0.3, 0.4) is 0 Å². The number of rotatable bonds is 1. The lowest BCUT2D eigenvalue weighted by molar-refractivity contribution is -0.133. The van der Waals surface area contributed by atoms with Crippen LogP contribution in [0.5, 0.6) is 0 Å². The van der Waals surface area contributed by atoms with E-state index in [1.807, 2.05) is 4.90 Å². The van der Waals surface area contributed by atoms with Gasteiger partial charge in [-0.2, -0.15) is 0 Å². The molecule has 1 aliphatic carbocycles. The summed E-state index contributed by atoms with van der Waals surface area (Å²) in [5.41, 5.74) is 6.57. The number of nitrogens with zero attached hydrogens (tertiary/aromatic N) is 2. The van der Waals surface area contributed by atoms with Gasteiger partial charge in [0.1, 0.15) is 5.76 Å². The first-order chi connectivity index (χ1) is 7.25. The van der Waals surface area contributed by atoms with Crippen molar-refractivity contribution in [3.8, 4) is 0 Å². The Morgan fingerprint density at radius 2 is 2.33 bits per heavy atom. The Balaban J connectivity index is 1.81. The van der Waals surface area contributed by atoms with Gasteiger partial charge in [-0.1, -0.05) is 5.16 Å². The number of carbonyl (C=O) groups excluding carboxylic acids is 1. The molecule has 0 radical (unpaired) electrons. The highest BCUT2D eigenvalue weighted by molar-refractivity contribution is 5.81. The summed E-state index contributed by atoms with van der Waals surface area (Å²) >= 11 is 0. The molecule has 1 saturated carbocycles. The lowest BCUT2D eigenvalue weighted by Gasteiger charge is -2.25. The number of hydrogen-bond donors (Lipinski definition) is 1. The third-order valence-corrected chi connectivity index (χ3v) is 3.10. The number of nitrogen functional groups attached to an aromatic ring is 1. The zero-order valence-electron chi connectivity index (χ0n) is 8.40. The maximum atomic E-state index is 11.8. The molecule has 80 valence electrons. The third kappa shape index (κ3) is 1.38. The van der Waals surface area contributed by atoms with Crippen molar-refractivity contribution in [2.45, 2.75) is 25.8 Å². The summed E-state index contributed by atoms with van der Waals surface area (Å²) in [5.74, 6) is 1.81. The molecule has 0 unspecified atom stereocenters. The summed E-state index contributed by atoms with van der Waals surface area (Å²) in [5, 5.41) is 3.72. The van der Waals surface area contributed by atoms with Crippen molar-refractivity contribution in [1.82, 2.24) is 10.1 Å². The maximum absolute atomic E-state index is 11.8. The standard InChI is InChI=1S/C10H13N3O2/c11-9-7-5-13(10(14)6-1-2-6)4-3-8(7)15-12-9/h6H,1-5H2,(H2,11,12). The Hall–Kier alpha value is -1.52. The van der Waals surface area contributed by atoms with Crippen LogP contribution in [-0.2, 0) is 17.8 Å². The van der Waals surface area contributed by atoms with E-state index in [9.17, 15) is 4.79 Å². The van der Waals surface area contributed by atoms with Crippen LogP contribution in [0.1, 0.15) is 24.2 Å². The average molecular weight is 207 g/mol. The molecule has 5 heteroatoms. The quantitative estimate of drug-likeness (QED) is 0.730. The summed E-state index contributed by atoms with van der Waals surface area (Å²) in [6.07, 6.45) is 2.82. The Kier molecular flexibility index (Phi) is 1.74. The van der Waals surface area contributed by atoms with Crippen LogP contribution in [0.4, 0.5) is 5.82 Å². The predicted octanol–water partition coefficient (Wildman–Crippen LogP) is 0.551. The molecule has 0 saturated heterocycles. The van der Waals surface area contributed by atoms with Gasteiger partial charge in [-0.15, -0.1) is 0 Å². The molecule has 0 atom stereocenters. The number of carbonyl (C=O) groups is 1. The van der Waals surface area contributed by atoms with E-state index >= 15 is 0 Å². The van der Waals surface area contributed by atoms with Gasteiger partial charge in [-0.05, 0) is 12.8 Å². The topological polar surface area (TPSA) is 72.4 Å². The lowest BCUT2D eigenvalue weighted by atomic mass is 10.1. The molecule has 1 amide bonds. The van der Waals surface area contributed by atoms with Crippen LogP contribution < -0.4 is 5.73 Å². The van der Waals surface area contributed by atoms with Crippen molar-refractivity contribution in [3.05, 3.63) is 11.3 Å². The lowest BCUT2D eigenvalue weighted by Crippen LogP contribution is -2.36. The molecule has 2 aliphatic rings. The SMILES string of the molecule is Nc1noc2c1CN(C(=O)C1CC1)CC2. The van der Waals surface area contributed by atoms with Crippen LogP contribution in [0.2, 0.25) is 0 Å². The van der Waals surface area contributed by atoms with E-state index in [1.54, 1.807) is 0 Å². The van der Waals surface area contributed by atoms with Crippen molar-refractivity contribution in [1.29, 1.82) is 0 Å². The second-order valence-electron chi connectivity index (χ2n) is 4.25. The Morgan fingerprint density at radius 3 is 3.07 bits per heavy atom. The second kappa shape index (κ2) is 2.98. The molecule has 0 bridgehead atoms. The molecule has 15 heavy (non-hydrogen) atoms. The van der Waals surface area contributed by atoms with Crippen LogP contribution >= 0.6 is 0 Å². The van der Waals surface area contributed by atoms with E-state index in [0.29, 0.717) is 12.4 Å². The van der Waals surface area contributed by atoms with Gasteiger partial charge in [0.25, 0.3) is 0 Å². The van der Waals surface area contributed by atoms with E-state index in [1.165, 1.54) is 0 Å². The van der Waals surface area contributed by atoms with E-state index in [-0.39, 0.29) is 11.8 Å². The molecule has 1 aliphatic heterocycles. The fourth-order valence-electron chi connectivity index (χ4n) is 2.01. The second-order valence-corrected chi connectivity index (χ2v) is 4.25. The van der Waals surface area contributed by atoms with Gasteiger partial charge >= 0.3 is 0 Å². The zero-order chi connectivity index (χ0) is 10.4. The maximum Gasteiger partial charge on any atom is 0.225 e. The minimum Gasteiger partial charge on any atom is -0.381 e. The van der Waals surface area contributed by atoms with Crippen LogP contribution in [-0.4, -0.2) is 22.5 Å². The van der Waals surface area contributed by atoms with Crippen molar-refractivity contribution in [2.24, 2.45) is 5.92 Å². The number of fused-ring (bicyclic) bond motifs is 1. The van der Waals surface area contributed by atoms with Crippen LogP contribution in [0.25, 0.3) is 0 Å². The molecular formula is C10H13N3O2. The highest BCUT2D eigenvalue weighted by Crippen LogP contribution is 2.33. The molecule has 1 aromatic rings. The van der Waals surface area contributed by atoms with Gasteiger partial charge in [-0.25, -0.2) is 0 Å². The first kappa shape index (κ1) is 8.76. The minimum atomic E-state index is 0.265. The van der Waals surface area contributed by atoms with Crippen LogP contribution in [0, 0.1) is 5.92 Å². The summed E-state index contributed by atoms with van der Waals surface area (Å²) < 4.78 is 5.08. The fourth-order valence-corrected chi connectivity index (χ4v) is 2.01. The zero-order valence-corrected chi connectivity index (χ0v) is 8.40.